The molecule has 0 spiro atoms. The van der Waals surface area contributed by atoms with Gasteiger partial charge in [0.25, 0.3) is 0 Å². The van der Waals surface area contributed by atoms with E-state index >= 15 is 0 Å². The highest BCUT2D eigenvalue weighted by Crippen LogP contribution is 2.21. The highest BCUT2D eigenvalue weighted by atomic mass is 15.2. The normalized spacial score (nSPS) is 22.3. The van der Waals surface area contributed by atoms with Crippen LogP contribution in [0.15, 0.2) is 12.2 Å². The van der Waals surface area contributed by atoms with Crippen molar-refractivity contribution in [1.29, 1.82) is 0 Å². The molecule has 1 aliphatic heterocycles. The van der Waals surface area contributed by atoms with Gasteiger partial charge in [0, 0.05) is 12.6 Å². The van der Waals surface area contributed by atoms with Gasteiger partial charge in [-0.05, 0) is 31.7 Å². The van der Waals surface area contributed by atoms with E-state index in [1.807, 2.05) is 0 Å². The SMILES string of the molecule is C=C1CCCN(C(CC)C(C)C)C1. The minimum absolute atomic E-state index is 0.761. The lowest BCUT2D eigenvalue weighted by Crippen LogP contribution is -2.42. The summed E-state index contributed by atoms with van der Waals surface area (Å²) in [6.07, 6.45) is 3.82. The Hall–Kier alpha value is -0.300. The van der Waals surface area contributed by atoms with Crippen molar-refractivity contribution < 1.29 is 0 Å². The third-order valence-corrected chi connectivity index (χ3v) is 3.06. The molecule has 1 heteroatoms. The fraction of sp³-hybridized carbons (Fsp3) is 0.833. The number of nitrogens with zero attached hydrogens (tertiary/aromatic N) is 1. The minimum Gasteiger partial charge on any atom is -0.296 e. The third-order valence-electron chi connectivity index (χ3n) is 3.06. The van der Waals surface area contributed by atoms with Crippen LogP contribution in [0, 0.1) is 5.92 Å². The van der Waals surface area contributed by atoms with E-state index in [4.69, 9.17) is 0 Å². The number of likely N-dealkylation sites (tertiary alicyclic amines) is 1. The van der Waals surface area contributed by atoms with Gasteiger partial charge in [-0.2, -0.15) is 0 Å². The van der Waals surface area contributed by atoms with Gasteiger partial charge in [0.15, 0.2) is 0 Å². The van der Waals surface area contributed by atoms with Crippen LogP contribution in [0.2, 0.25) is 0 Å². The first kappa shape index (κ1) is 10.8. The van der Waals surface area contributed by atoms with Crippen molar-refractivity contribution in [3.8, 4) is 0 Å². The van der Waals surface area contributed by atoms with Gasteiger partial charge in [0.2, 0.25) is 0 Å². The van der Waals surface area contributed by atoms with E-state index in [0.717, 1.165) is 18.5 Å². The summed E-state index contributed by atoms with van der Waals surface area (Å²) >= 11 is 0. The molecule has 13 heavy (non-hydrogen) atoms. The largest absolute Gasteiger partial charge is 0.296 e. The summed E-state index contributed by atoms with van der Waals surface area (Å²) in [5, 5.41) is 0. The molecule has 0 bridgehead atoms. The van der Waals surface area contributed by atoms with Gasteiger partial charge in [-0.15, -0.1) is 0 Å². The van der Waals surface area contributed by atoms with Crippen molar-refractivity contribution in [3.05, 3.63) is 12.2 Å². The summed E-state index contributed by atoms with van der Waals surface area (Å²) in [5.74, 6) is 0.774. The second-order valence-electron chi connectivity index (χ2n) is 4.54. The van der Waals surface area contributed by atoms with Gasteiger partial charge in [0.1, 0.15) is 0 Å². The molecule has 0 aromatic carbocycles. The molecule has 0 saturated carbocycles. The third kappa shape index (κ3) is 2.84. The molecule has 1 rings (SSSR count). The Morgan fingerprint density at radius 1 is 1.46 bits per heavy atom. The first-order valence-corrected chi connectivity index (χ1v) is 5.55. The summed E-state index contributed by atoms with van der Waals surface area (Å²) in [6, 6.07) is 0.761. The summed E-state index contributed by atoms with van der Waals surface area (Å²) < 4.78 is 0. The quantitative estimate of drug-likeness (QED) is 0.605. The molecule has 0 aromatic rings. The maximum Gasteiger partial charge on any atom is 0.0193 e. The molecule has 1 heterocycles. The predicted molar refractivity (Wildman–Crippen MR) is 58.9 cm³/mol. The van der Waals surface area contributed by atoms with Crippen LogP contribution in [0.25, 0.3) is 0 Å². The highest BCUT2D eigenvalue weighted by Gasteiger charge is 2.22. The Morgan fingerprint density at radius 2 is 2.15 bits per heavy atom. The number of rotatable bonds is 3. The molecule has 1 unspecified atom stereocenters. The van der Waals surface area contributed by atoms with E-state index in [9.17, 15) is 0 Å². The lowest BCUT2D eigenvalue weighted by molar-refractivity contribution is 0.147. The van der Waals surface area contributed by atoms with Crippen LogP contribution in [0.3, 0.4) is 0 Å². The van der Waals surface area contributed by atoms with Gasteiger partial charge in [0.05, 0.1) is 0 Å². The predicted octanol–water partition coefficient (Wildman–Crippen LogP) is 3.07. The number of piperidine rings is 1. The average molecular weight is 181 g/mol. The molecule has 1 aliphatic rings. The van der Waals surface area contributed by atoms with Crippen LogP contribution in [-0.4, -0.2) is 24.0 Å². The summed E-state index contributed by atoms with van der Waals surface area (Å²) in [5.41, 5.74) is 1.42. The molecular weight excluding hydrogens is 158 g/mol. The van der Waals surface area contributed by atoms with E-state index in [1.54, 1.807) is 0 Å². The van der Waals surface area contributed by atoms with Gasteiger partial charge >= 0.3 is 0 Å². The van der Waals surface area contributed by atoms with E-state index in [1.165, 1.54) is 31.4 Å². The van der Waals surface area contributed by atoms with Crippen molar-refractivity contribution in [1.82, 2.24) is 4.90 Å². The Balaban J connectivity index is 2.52. The molecule has 1 fully saturated rings. The smallest absolute Gasteiger partial charge is 0.0193 e. The van der Waals surface area contributed by atoms with Gasteiger partial charge in [-0.3, -0.25) is 4.90 Å². The second kappa shape index (κ2) is 4.80. The molecule has 0 radical (unpaired) electrons. The Labute approximate surface area is 82.8 Å². The van der Waals surface area contributed by atoms with Crippen molar-refractivity contribution in [2.45, 2.75) is 46.1 Å². The van der Waals surface area contributed by atoms with E-state index < -0.39 is 0 Å². The second-order valence-corrected chi connectivity index (χ2v) is 4.54. The lowest BCUT2D eigenvalue weighted by atomic mass is 9.96. The standard InChI is InChI=1S/C12H23N/c1-5-12(10(2)3)13-8-6-7-11(4)9-13/h10,12H,4-9H2,1-3H3. The first-order chi connectivity index (χ1) is 6.15. The van der Waals surface area contributed by atoms with Gasteiger partial charge in [-0.25, -0.2) is 0 Å². The minimum atomic E-state index is 0.761. The van der Waals surface area contributed by atoms with Crippen LogP contribution in [0.5, 0.6) is 0 Å². The average Bonchev–Trinajstić information content (AvgIpc) is 2.04. The fourth-order valence-electron chi connectivity index (χ4n) is 2.41. The van der Waals surface area contributed by atoms with Gasteiger partial charge < -0.3 is 0 Å². The number of hydrogen-bond acceptors (Lipinski definition) is 1. The molecule has 1 nitrogen and oxygen atoms in total. The van der Waals surface area contributed by atoms with Gasteiger partial charge in [-0.1, -0.05) is 32.9 Å². The summed E-state index contributed by atoms with van der Waals surface area (Å²) in [6.45, 7) is 13.5. The zero-order valence-corrected chi connectivity index (χ0v) is 9.34. The highest BCUT2D eigenvalue weighted by molar-refractivity contribution is 5.01. The first-order valence-electron chi connectivity index (χ1n) is 5.55. The Bertz CT molecular complexity index is 172. The number of hydrogen-bond donors (Lipinski definition) is 0. The zero-order valence-electron chi connectivity index (χ0n) is 9.34. The molecule has 1 saturated heterocycles. The van der Waals surface area contributed by atoms with Crippen molar-refractivity contribution >= 4 is 0 Å². The molecular formula is C12H23N. The molecule has 0 N–H and O–H groups in total. The molecule has 0 aromatic heterocycles. The van der Waals surface area contributed by atoms with Crippen molar-refractivity contribution in [3.63, 3.8) is 0 Å². The topological polar surface area (TPSA) is 3.24 Å². The van der Waals surface area contributed by atoms with Crippen LogP contribution >= 0.6 is 0 Å². The molecule has 0 aliphatic carbocycles. The summed E-state index contributed by atoms with van der Waals surface area (Å²) in [4.78, 5) is 2.61. The van der Waals surface area contributed by atoms with E-state index in [-0.39, 0.29) is 0 Å². The van der Waals surface area contributed by atoms with Crippen LogP contribution in [0.4, 0.5) is 0 Å². The maximum absolute atomic E-state index is 4.10. The van der Waals surface area contributed by atoms with E-state index in [0.29, 0.717) is 0 Å². The van der Waals surface area contributed by atoms with E-state index in [2.05, 4.69) is 32.3 Å². The fourth-order valence-corrected chi connectivity index (χ4v) is 2.41. The van der Waals surface area contributed by atoms with Crippen molar-refractivity contribution in [2.75, 3.05) is 13.1 Å². The molecule has 76 valence electrons. The van der Waals surface area contributed by atoms with Crippen molar-refractivity contribution in [2.24, 2.45) is 5.92 Å². The Morgan fingerprint density at radius 3 is 2.62 bits per heavy atom. The Kier molecular flexibility index (Phi) is 3.98. The van der Waals surface area contributed by atoms with Crippen LogP contribution in [0.1, 0.15) is 40.0 Å². The maximum atomic E-state index is 4.10. The van der Waals surface area contributed by atoms with Crippen LogP contribution in [-0.2, 0) is 0 Å². The monoisotopic (exact) mass is 181 g/mol. The lowest BCUT2D eigenvalue weighted by Gasteiger charge is -2.37. The molecule has 0 amide bonds. The summed E-state index contributed by atoms with van der Waals surface area (Å²) in [7, 11) is 0. The van der Waals surface area contributed by atoms with Crippen LogP contribution < -0.4 is 0 Å². The zero-order chi connectivity index (χ0) is 9.84. The molecule has 1 atom stereocenters.